The second-order valence-electron chi connectivity index (χ2n) is 6.87. The molecule has 14 heteroatoms. The van der Waals surface area contributed by atoms with Crippen LogP contribution in [0.2, 0.25) is 0 Å². The third-order valence-electron chi connectivity index (χ3n) is 4.45. The van der Waals surface area contributed by atoms with Crippen LogP contribution in [0.1, 0.15) is 27.8 Å². The molecule has 3 rings (SSSR count). The highest BCUT2D eigenvalue weighted by Gasteiger charge is 2.31. The van der Waals surface area contributed by atoms with Crippen molar-refractivity contribution in [2.75, 3.05) is 14.1 Å². The van der Waals surface area contributed by atoms with Crippen molar-refractivity contribution in [3.05, 3.63) is 64.4 Å². The fraction of sp³-hybridized carbons (Fsp3) is 0.211. The van der Waals surface area contributed by atoms with Gasteiger partial charge in [-0.3, -0.25) is 0 Å². The number of carbonyl (C=O) groups excluding carboxylic acids is 1. The minimum atomic E-state index is -3.96. The molecular formula is C19H17F4N3O6S. The molecule has 0 fully saturated rings. The third-order valence-corrected chi connectivity index (χ3v) is 5.75. The fourth-order valence-corrected chi connectivity index (χ4v) is 3.22. The number of carbonyl (C=O) groups is 1. The van der Waals surface area contributed by atoms with Crippen LogP contribution in [0, 0.1) is 30.2 Å². The molecule has 0 bridgehead atoms. The van der Waals surface area contributed by atoms with Gasteiger partial charge in [0.1, 0.15) is 23.2 Å². The van der Waals surface area contributed by atoms with Crippen LogP contribution < -0.4 is 15.4 Å². The number of nitrogens with two attached hydrogens (primary N) is 1. The summed E-state index contributed by atoms with van der Waals surface area (Å²) in [7, 11) is -1.39. The van der Waals surface area contributed by atoms with Crippen molar-refractivity contribution in [2.24, 2.45) is 5.73 Å². The Bertz CT molecular complexity index is 1330. The molecule has 178 valence electrons. The zero-order chi connectivity index (χ0) is 24.7. The van der Waals surface area contributed by atoms with E-state index in [2.05, 4.69) is 5.48 Å². The first kappa shape index (κ1) is 24.4. The van der Waals surface area contributed by atoms with Gasteiger partial charge < -0.3 is 19.2 Å². The molecule has 0 saturated heterocycles. The van der Waals surface area contributed by atoms with Crippen molar-refractivity contribution in [1.29, 1.82) is 0 Å². The Morgan fingerprint density at radius 2 is 1.64 bits per heavy atom. The van der Waals surface area contributed by atoms with E-state index in [1.54, 1.807) is 0 Å². The zero-order valence-corrected chi connectivity index (χ0v) is 18.1. The summed E-state index contributed by atoms with van der Waals surface area (Å²) in [6, 6.07) is 5.33. The lowest BCUT2D eigenvalue weighted by atomic mass is 10.1. The molecule has 1 unspecified atom stereocenters. The highest BCUT2D eigenvalue weighted by atomic mass is 32.2. The fourth-order valence-electron chi connectivity index (χ4n) is 2.72. The van der Waals surface area contributed by atoms with Gasteiger partial charge in [-0.1, -0.05) is 12.1 Å². The Balaban J connectivity index is 1.76. The molecule has 3 N–H and O–H groups in total. The molecular weight excluding hydrogens is 474 g/mol. The summed E-state index contributed by atoms with van der Waals surface area (Å²) in [6.07, 6.45) is -1.15. The second-order valence-corrected chi connectivity index (χ2v) is 8.62. The third kappa shape index (κ3) is 4.64. The van der Waals surface area contributed by atoms with Crippen LogP contribution >= 0.6 is 0 Å². The summed E-state index contributed by atoms with van der Waals surface area (Å²) in [6.45, 7) is 1.14. The van der Waals surface area contributed by atoms with Crippen molar-refractivity contribution in [2.45, 2.75) is 13.1 Å². The lowest BCUT2D eigenvalue weighted by Crippen LogP contribution is -2.31. The smallest absolute Gasteiger partial charge is 0.384 e. The van der Waals surface area contributed by atoms with Gasteiger partial charge in [0.05, 0.1) is 5.39 Å². The van der Waals surface area contributed by atoms with Gasteiger partial charge in [-0.25, -0.2) is 18.0 Å². The van der Waals surface area contributed by atoms with E-state index in [1.165, 1.54) is 38.4 Å². The van der Waals surface area contributed by atoms with E-state index >= 15 is 0 Å². The van der Waals surface area contributed by atoms with Crippen molar-refractivity contribution in [3.8, 4) is 5.75 Å². The van der Waals surface area contributed by atoms with Crippen LogP contribution in [0.5, 0.6) is 5.75 Å². The zero-order valence-electron chi connectivity index (χ0n) is 17.3. The summed E-state index contributed by atoms with van der Waals surface area (Å²) in [5.74, 6) is -9.48. The maximum absolute atomic E-state index is 14.2. The molecule has 0 aliphatic rings. The monoisotopic (exact) mass is 491 g/mol. The lowest BCUT2D eigenvalue weighted by Gasteiger charge is -2.15. The summed E-state index contributed by atoms with van der Waals surface area (Å²) < 4.78 is 89.2. The standard InChI is InChI=1S/C19H17F4N3O6S/c1-8-11(12-13(20)14(21)15(22)16(23)17(12)30-8)19(27)31-25-18(24)9-4-6-10(7-5-9)32-33(28,29)26(2)3/h4-7,18,25H,24H2,1-3H3. The SMILES string of the molecule is Cc1oc2c(F)c(F)c(F)c(F)c2c1C(=O)ONC(N)c1ccc(OS(=O)(=O)N(C)C)cc1. The van der Waals surface area contributed by atoms with Crippen molar-refractivity contribution in [1.82, 2.24) is 9.79 Å². The molecule has 3 aromatic rings. The van der Waals surface area contributed by atoms with E-state index < -0.39 is 62.2 Å². The summed E-state index contributed by atoms with van der Waals surface area (Å²) >= 11 is 0. The van der Waals surface area contributed by atoms with Gasteiger partial charge in [-0.2, -0.15) is 17.1 Å². The lowest BCUT2D eigenvalue weighted by molar-refractivity contribution is 0.0157. The van der Waals surface area contributed by atoms with Crippen LogP contribution in [-0.2, 0) is 15.1 Å². The number of furan rings is 1. The van der Waals surface area contributed by atoms with Crippen molar-refractivity contribution < 1.29 is 44.2 Å². The van der Waals surface area contributed by atoms with E-state index in [0.717, 1.165) is 11.2 Å². The number of hydrogen-bond donors (Lipinski definition) is 2. The maximum Gasteiger partial charge on any atom is 0.384 e. The number of hydrogen-bond acceptors (Lipinski definition) is 8. The van der Waals surface area contributed by atoms with Gasteiger partial charge in [-0.15, -0.1) is 5.48 Å². The molecule has 9 nitrogen and oxygen atoms in total. The maximum atomic E-state index is 14.2. The topological polar surface area (TPSA) is 124 Å². The Labute approximate surface area is 184 Å². The number of fused-ring (bicyclic) bond motifs is 1. The number of hydroxylamine groups is 1. The van der Waals surface area contributed by atoms with E-state index in [-0.39, 0.29) is 11.5 Å². The van der Waals surface area contributed by atoms with Crippen molar-refractivity contribution >= 4 is 27.2 Å². The Morgan fingerprint density at radius 3 is 2.21 bits per heavy atom. The Morgan fingerprint density at radius 1 is 1.06 bits per heavy atom. The molecule has 1 heterocycles. The summed E-state index contributed by atoms with van der Waals surface area (Å²) in [4.78, 5) is 17.2. The van der Waals surface area contributed by atoms with E-state index in [4.69, 9.17) is 19.2 Å². The molecule has 1 atom stereocenters. The van der Waals surface area contributed by atoms with Crippen LogP contribution in [0.3, 0.4) is 0 Å². The normalized spacial score (nSPS) is 12.9. The number of halogens is 4. The summed E-state index contributed by atoms with van der Waals surface area (Å²) in [5, 5.41) is -0.923. The van der Waals surface area contributed by atoms with Crippen molar-refractivity contribution in [3.63, 3.8) is 0 Å². The largest absolute Gasteiger partial charge is 0.457 e. The highest BCUT2D eigenvalue weighted by Crippen LogP contribution is 2.33. The number of rotatable bonds is 7. The number of aryl methyl sites for hydroxylation is 1. The minimum absolute atomic E-state index is 0.0103. The Hall–Kier alpha value is -3.20. The predicted octanol–water partition coefficient (Wildman–Crippen LogP) is 2.80. The van der Waals surface area contributed by atoms with E-state index in [9.17, 15) is 30.8 Å². The van der Waals surface area contributed by atoms with Crippen LogP contribution in [0.25, 0.3) is 11.0 Å². The molecule has 0 aliphatic carbocycles. The summed E-state index contributed by atoms with van der Waals surface area (Å²) in [5.41, 5.74) is 6.67. The predicted molar refractivity (Wildman–Crippen MR) is 106 cm³/mol. The molecule has 0 amide bonds. The second kappa shape index (κ2) is 8.97. The van der Waals surface area contributed by atoms with E-state index in [1.807, 2.05) is 0 Å². The van der Waals surface area contributed by atoms with Gasteiger partial charge in [-0.05, 0) is 24.6 Å². The van der Waals surface area contributed by atoms with E-state index in [0.29, 0.717) is 5.56 Å². The highest BCUT2D eigenvalue weighted by molar-refractivity contribution is 7.84. The quantitative estimate of drug-likeness (QED) is 0.170. The van der Waals surface area contributed by atoms with Gasteiger partial charge in [0.15, 0.2) is 17.2 Å². The van der Waals surface area contributed by atoms with Gasteiger partial charge in [0, 0.05) is 14.1 Å². The molecule has 2 aromatic carbocycles. The molecule has 0 aliphatic heterocycles. The van der Waals surface area contributed by atoms with Gasteiger partial charge in [0.25, 0.3) is 0 Å². The number of nitrogens with zero attached hydrogens (tertiary/aromatic N) is 1. The molecule has 0 radical (unpaired) electrons. The minimum Gasteiger partial charge on any atom is -0.457 e. The van der Waals surface area contributed by atoms with Gasteiger partial charge >= 0.3 is 16.3 Å². The molecule has 0 spiro atoms. The van der Waals surface area contributed by atoms with Crippen LogP contribution in [0.4, 0.5) is 17.6 Å². The first-order valence-electron chi connectivity index (χ1n) is 9.04. The first-order valence-corrected chi connectivity index (χ1v) is 10.4. The average molecular weight is 491 g/mol. The molecule has 0 saturated carbocycles. The van der Waals surface area contributed by atoms with Gasteiger partial charge in [0.2, 0.25) is 11.6 Å². The molecule has 1 aromatic heterocycles. The molecule has 33 heavy (non-hydrogen) atoms. The Kier molecular flexibility index (Phi) is 6.65. The number of benzene rings is 2. The van der Waals surface area contributed by atoms with Crippen LogP contribution in [0.15, 0.2) is 28.7 Å². The first-order chi connectivity index (χ1) is 15.3. The average Bonchev–Trinajstić information content (AvgIpc) is 3.11. The van der Waals surface area contributed by atoms with Crippen LogP contribution in [-0.4, -0.2) is 32.8 Å². The number of nitrogens with one attached hydrogen (secondary N) is 1.